The van der Waals surface area contributed by atoms with Gasteiger partial charge in [-0.15, -0.1) is 0 Å². The number of halogens is 2. The van der Waals surface area contributed by atoms with E-state index in [2.05, 4.69) is 0 Å². The number of hydrogen-bond donors (Lipinski definition) is 1. The average molecular weight is 283 g/mol. The molecule has 0 aliphatic carbocycles. The number of rotatable bonds is 4. The number of amides is 2. The summed E-state index contributed by atoms with van der Waals surface area (Å²) < 4.78 is 26.3. The third kappa shape index (κ3) is 2.43. The molecule has 0 unspecified atom stereocenters. The molecule has 0 fully saturated rings. The lowest BCUT2D eigenvalue weighted by Gasteiger charge is -2.28. The molecule has 1 aliphatic rings. The summed E-state index contributed by atoms with van der Waals surface area (Å²) in [5, 5.41) is 8.97. The highest BCUT2D eigenvalue weighted by atomic mass is 19.2. The average Bonchev–Trinajstić information content (AvgIpc) is 2.55. The molecule has 0 radical (unpaired) electrons. The molecule has 2 rings (SSSR count). The minimum Gasteiger partial charge on any atom is -0.396 e. The van der Waals surface area contributed by atoms with Crippen LogP contribution in [0.15, 0.2) is 12.1 Å². The molecule has 1 aliphatic heterocycles. The van der Waals surface area contributed by atoms with Crippen LogP contribution in [0.5, 0.6) is 0 Å². The van der Waals surface area contributed by atoms with E-state index in [1.807, 2.05) is 0 Å². The Hall–Kier alpha value is -1.82. The SMILES string of the molecule is CC(C)(CCO)CN1C(=O)c2cc(F)c(F)cc2C1=O. The monoisotopic (exact) mass is 283 g/mol. The van der Waals surface area contributed by atoms with E-state index in [9.17, 15) is 18.4 Å². The highest BCUT2D eigenvalue weighted by molar-refractivity contribution is 6.21. The predicted octanol–water partition coefficient (Wildman–Crippen LogP) is 1.97. The second kappa shape index (κ2) is 4.94. The molecule has 108 valence electrons. The first-order valence-electron chi connectivity index (χ1n) is 6.23. The van der Waals surface area contributed by atoms with E-state index in [-0.39, 0.29) is 24.3 Å². The Labute approximate surface area is 115 Å². The Morgan fingerprint density at radius 3 is 1.95 bits per heavy atom. The Kier molecular flexibility index (Phi) is 3.60. The lowest BCUT2D eigenvalue weighted by molar-refractivity contribution is 0.0568. The fraction of sp³-hybridized carbons (Fsp3) is 0.429. The summed E-state index contributed by atoms with van der Waals surface area (Å²) in [6, 6.07) is 1.51. The maximum atomic E-state index is 13.2. The molecule has 1 N–H and O–H groups in total. The van der Waals surface area contributed by atoms with Gasteiger partial charge < -0.3 is 5.11 Å². The third-order valence-electron chi connectivity index (χ3n) is 3.39. The number of hydrogen-bond acceptors (Lipinski definition) is 3. The summed E-state index contributed by atoms with van der Waals surface area (Å²) >= 11 is 0. The van der Waals surface area contributed by atoms with E-state index >= 15 is 0 Å². The molecule has 0 spiro atoms. The smallest absolute Gasteiger partial charge is 0.261 e. The standard InChI is InChI=1S/C14H15F2NO3/c1-14(2,3-4-18)7-17-12(19)8-5-10(15)11(16)6-9(8)13(17)20/h5-6,18H,3-4,7H2,1-2H3. The minimum atomic E-state index is -1.15. The van der Waals surface area contributed by atoms with Crippen LogP contribution in [0.3, 0.4) is 0 Å². The number of aliphatic hydroxyl groups is 1. The first-order chi connectivity index (χ1) is 9.26. The summed E-state index contributed by atoms with van der Waals surface area (Å²) in [7, 11) is 0. The number of carbonyl (C=O) groups excluding carboxylic acids is 2. The molecule has 0 atom stereocenters. The van der Waals surface area contributed by atoms with E-state index in [4.69, 9.17) is 5.11 Å². The summed E-state index contributed by atoms with van der Waals surface area (Å²) in [6.07, 6.45) is 0.406. The molecule has 4 nitrogen and oxygen atoms in total. The van der Waals surface area contributed by atoms with Crippen molar-refractivity contribution in [1.29, 1.82) is 0 Å². The van der Waals surface area contributed by atoms with Gasteiger partial charge in [-0.1, -0.05) is 13.8 Å². The summed E-state index contributed by atoms with van der Waals surface area (Å²) in [4.78, 5) is 25.2. The van der Waals surface area contributed by atoms with E-state index in [0.717, 1.165) is 17.0 Å². The molecular weight excluding hydrogens is 268 g/mol. The first-order valence-corrected chi connectivity index (χ1v) is 6.23. The van der Waals surface area contributed by atoms with Gasteiger partial charge in [0, 0.05) is 13.2 Å². The first kappa shape index (κ1) is 14.6. The molecule has 0 aromatic heterocycles. The van der Waals surface area contributed by atoms with Crippen molar-refractivity contribution in [2.45, 2.75) is 20.3 Å². The second-order valence-corrected chi connectivity index (χ2v) is 5.65. The van der Waals surface area contributed by atoms with Gasteiger partial charge >= 0.3 is 0 Å². The van der Waals surface area contributed by atoms with Crippen LogP contribution in [0.25, 0.3) is 0 Å². The van der Waals surface area contributed by atoms with Crippen molar-refractivity contribution < 1.29 is 23.5 Å². The molecule has 0 saturated heterocycles. The lowest BCUT2D eigenvalue weighted by atomic mass is 9.89. The third-order valence-corrected chi connectivity index (χ3v) is 3.39. The van der Waals surface area contributed by atoms with E-state index in [1.54, 1.807) is 13.8 Å². The number of aliphatic hydroxyl groups excluding tert-OH is 1. The quantitative estimate of drug-likeness (QED) is 0.859. The van der Waals surface area contributed by atoms with Crippen LogP contribution < -0.4 is 0 Å². The number of nitrogens with zero attached hydrogens (tertiary/aromatic N) is 1. The molecule has 1 aromatic rings. The number of imide groups is 1. The largest absolute Gasteiger partial charge is 0.396 e. The Bertz CT molecular complexity index is 543. The highest BCUT2D eigenvalue weighted by Gasteiger charge is 2.39. The van der Waals surface area contributed by atoms with Gasteiger partial charge in [0.2, 0.25) is 0 Å². The van der Waals surface area contributed by atoms with Crippen LogP contribution in [-0.4, -0.2) is 35.0 Å². The summed E-state index contributed by atoms with van der Waals surface area (Å²) in [5.41, 5.74) is -0.707. The number of fused-ring (bicyclic) bond motifs is 1. The zero-order valence-corrected chi connectivity index (χ0v) is 11.2. The van der Waals surface area contributed by atoms with Crippen LogP contribution in [0.1, 0.15) is 41.0 Å². The fourth-order valence-electron chi connectivity index (χ4n) is 2.24. The zero-order chi connectivity index (χ0) is 15.1. The van der Waals surface area contributed by atoms with Crippen LogP contribution in [0, 0.1) is 17.0 Å². The van der Waals surface area contributed by atoms with Crippen molar-refractivity contribution >= 4 is 11.8 Å². The second-order valence-electron chi connectivity index (χ2n) is 5.65. The van der Waals surface area contributed by atoms with Crippen LogP contribution in [0.2, 0.25) is 0 Å². The van der Waals surface area contributed by atoms with E-state index in [1.165, 1.54) is 0 Å². The van der Waals surface area contributed by atoms with Crippen LogP contribution in [0.4, 0.5) is 8.78 Å². The van der Waals surface area contributed by atoms with Crippen LogP contribution >= 0.6 is 0 Å². The maximum absolute atomic E-state index is 13.2. The summed E-state index contributed by atoms with van der Waals surface area (Å²) in [5.74, 6) is -3.56. The Morgan fingerprint density at radius 2 is 1.55 bits per heavy atom. The normalized spacial score (nSPS) is 14.9. The van der Waals surface area contributed by atoms with Gasteiger partial charge in [-0.3, -0.25) is 14.5 Å². The van der Waals surface area contributed by atoms with Gasteiger partial charge in [-0.05, 0) is 24.0 Å². The lowest BCUT2D eigenvalue weighted by Crippen LogP contribution is -2.38. The maximum Gasteiger partial charge on any atom is 0.261 e. The van der Waals surface area contributed by atoms with Gasteiger partial charge in [0.1, 0.15) is 0 Å². The summed E-state index contributed by atoms with van der Waals surface area (Å²) in [6.45, 7) is 3.62. The van der Waals surface area contributed by atoms with E-state index in [0.29, 0.717) is 6.42 Å². The fourth-order valence-corrected chi connectivity index (χ4v) is 2.24. The molecule has 1 aromatic carbocycles. The minimum absolute atomic E-state index is 0.0700. The van der Waals surface area contributed by atoms with Crippen molar-refractivity contribution in [2.75, 3.05) is 13.2 Å². The topological polar surface area (TPSA) is 57.6 Å². The molecule has 1 heterocycles. The van der Waals surface area contributed by atoms with Crippen molar-refractivity contribution in [2.24, 2.45) is 5.41 Å². The van der Waals surface area contributed by atoms with Crippen molar-refractivity contribution in [1.82, 2.24) is 4.90 Å². The molecule has 2 amide bonds. The van der Waals surface area contributed by atoms with Gasteiger partial charge in [-0.2, -0.15) is 0 Å². The number of benzene rings is 1. The van der Waals surface area contributed by atoms with Crippen molar-refractivity contribution in [3.8, 4) is 0 Å². The highest BCUT2D eigenvalue weighted by Crippen LogP contribution is 2.29. The molecular formula is C14H15F2NO3. The van der Waals surface area contributed by atoms with Gasteiger partial charge in [-0.25, -0.2) is 8.78 Å². The molecule has 6 heteroatoms. The van der Waals surface area contributed by atoms with Crippen molar-refractivity contribution in [3.05, 3.63) is 34.9 Å². The van der Waals surface area contributed by atoms with Crippen LogP contribution in [-0.2, 0) is 0 Å². The molecule has 20 heavy (non-hydrogen) atoms. The van der Waals surface area contributed by atoms with E-state index < -0.39 is 28.9 Å². The number of carbonyl (C=O) groups is 2. The Balaban J connectivity index is 2.33. The molecule has 0 bridgehead atoms. The van der Waals surface area contributed by atoms with Gasteiger partial charge in [0.15, 0.2) is 11.6 Å². The molecule has 0 saturated carbocycles. The predicted molar refractivity (Wildman–Crippen MR) is 67.2 cm³/mol. The van der Waals surface area contributed by atoms with Gasteiger partial charge in [0.25, 0.3) is 11.8 Å². The van der Waals surface area contributed by atoms with Crippen molar-refractivity contribution in [3.63, 3.8) is 0 Å². The van der Waals surface area contributed by atoms with Gasteiger partial charge in [0.05, 0.1) is 11.1 Å². The Morgan fingerprint density at radius 1 is 1.10 bits per heavy atom. The zero-order valence-electron chi connectivity index (χ0n) is 11.2.